The average Bonchev–Trinajstić information content (AvgIpc) is 2.82. The van der Waals surface area contributed by atoms with E-state index in [1.807, 2.05) is 18.2 Å². The molecule has 0 unspecified atom stereocenters. The summed E-state index contributed by atoms with van der Waals surface area (Å²) in [4.78, 5) is 23.9. The fraction of sp³-hybridized carbons (Fsp3) is 0.385. The second-order valence-electron chi connectivity index (χ2n) is 8.43. The number of carbonyl (C=O) groups is 2. The summed E-state index contributed by atoms with van der Waals surface area (Å²) in [7, 11) is 0. The summed E-state index contributed by atoms with van der Waals surface area (Å²) in [6.45, 7) is 2.81. The van der Waals surface area contributed by atoms with Crippen LogP contribution in [0.2, 0.25) is 0 Å². The normalized spacial score (nSPS) is 18.9. The molecule has 7 heteroatoms. The lowest BCUT2D eigenvalue weighted by Crippen LogP contribution is -2.47. The molecule has 33 heavy (non-hydrogen) atoms. The van der Waals surface area contributed by atoms with Crippen LogP contribution in [0.4, 0.5) is 0 Å². The second-order valence-corrected chi connectivity index (χ2v) is 8.43. The Kier molecular flexibility index (Phi) is 8.38. The Morgan fingerprint density at radius 3 is 2.42 bits per heavy atom. The van der Waals surface area contributed by atoms with E-state index >= 15 is 0 Å². The number of esters is 1. The van der Waals surface area contributed by atoms with E-state index in [-0.39, 0.29) is 23.7 Å². The third-order valence-corrected chi connectivity index (χ3v) is 5.89. The number of carboxylic acid groups (broad SMARTS) is 1. The summed E-state index contributed by atoms with van der Waals surface area (Å²) >= 11 is 0. The summed E-state index contributed by atoms with van der Waals surface area (Å²) in [6, 6.07) is 14.0. The lowest BCUT2D eigenvalue weighted by atomic mass is 9.87. The number of aliphatic carboxylic acids is 1. The zero-order valence-corrected chi connectivity index (χ0v) is 18.9. The number of hydrogen-bond donors (Lipinski definition) is 3. The monoisotopic (exact) mass is 452 g/mol. The number of benzene rings is 2. The van der Waals surface area contributed by atoms with Crippen molar-refractivity contribution >= 4 is 18.0 Å². The molecule has 176 valence electrons. The van der Waals surface area contributed by atoms with E-state index in [1.54, 1.807) is 30.3 Å². The number of carbonyl (C=O) groups excluding carboxylic acids is 1. The highest BCUT2D eigenvalue weighted by atomic mass is 16.5. The van der Waals surface area contributed by atoms with Crippen LogP contribution < -0.4 is 16.2 Å². The fourth-order valence-electron chi connectivity index (χ4n) is 4.04. The number of hydrogen-bond acceptors (Lipinski definition) is 6. The molecule has 5 N–H and O–H groups in total. The molecule has 0 heterocycles. The number of carboxylic acids is 1. The zero-order chi connectivity index (χ0) is 23.8. The maximum atomic E-state index is 13.0. The van der Waals surface area contributed by atoms with Gasteiger partial charge in [0, 0.05) is 18.2 Å². The van der Waals surface area contributed by atoms with Gasteiger partial charge < -0.3 is 26.0 Å². The predicted octanol–water partition coefficient (Wildman–Crippen LogP) is 3.79. The van der Waals surface area contributed by atoms with E-state index in [9.17, 15) is 9.59 Å². The van der Waals surface area contributed by atoms with Crippen LogP contribution in [0.1, 0.15) is 55.7 Å². The third-order valence-electron chi connectivity index (χ3n) is 5.89. The third kappa shape index (κ3) is 6.51. The lowest BCUT2D eigenvalue weighted by Gasteiger charge is -2.30. The average molecular weight is 453 g/mol. The molecule has 2 aromatic rings. The van der Waals surface area contributed by atoms with Crippen molar-refractivity contribution in [2.75, 3.05) is 6.61 Å². The maximum absolute atomic E-state index is 13.0. The van der Waals surface area contributed by atoms with Crippen molar-refractivity contribution in [1.82, 2.24) is 0 Å². The number of rotatable bonds is 9. The van der Waals surface area contributed by atoms with Gasteiger partial charge in [0.2, 0.25) is 0 Å². The first-order valence-corrected chi connectivity index (χ1v) is 11.3. The molecule has 3 rings (SSSR count). The second kappa shape index (κ2) is 11.2. The van der Waals surface area contributed by atoms with Gasteiger partial charge in [0.1, 0.15) is 11.4 Å². The molecule has 0 atom stereocenters. The molecular formula is C26H32N2O5. The Bertz CT molecular complexity index is 979. The molecule has 0 aromatic heterocycles. The van der Waals surface area contributed by atoms with Crippen LogP contribution in [-0.4, -0.2) is 29.8 Å². The van der Waals surface area contributed by atoms with Gasteiger partial charge in [0.15, 0.2) is 0 Å². The standard InChI is InChI=1S/C26H32N2O5/c1-2-16-32-21-12-10-19(11-13-21)25(31)33-23-14-8-18(9-15-24(29)30)17-22(23)26(27,28)20-6-4-3-5-7-20/h3-9,14-15,17,19,21H,2,10-13,16,27-28H2,1H3,(H,29,30). The van der Waals surface area contributed by atoms with E-state index < -0.39 is 11.6 Å². The van der Waals surface area contributed by atoms with Crippen LogP contribution in [0, 0.1) is 5.92 Å². The summed E-state index contributed by atoms with van der Waals surface area (Å²) < 4.78 is 11.6. The number of nitrogens with two attached hydrogens (primary N) is 2. The van der Waals surface area contributed by atoms with Gasteiger partial charge in [-0.2, -0.15) is 0 Å². The SMILES string of the molecule is CCCOC1CCC(C(=O)Oc2ccc(C=CC(=O)O)cc2C(N)(N)c2ccccc2)CC1. The van der Waals surface area contributed by atoms with E-state index in [2.05, 4.69) is 6.92 Å². The Hall–Kier alpha value is -3.00. The topological polar surface area (TPSA) is 125 Å². The van der Waals surface area contributed by atoms with Crippen molar-refractivity contribution in [3.05, 3.63) is 71.3 Å². The van der Waals surface area contributed by atoms with Crippen molar-refractivity contribution < 1.29 is 24.2 Å². The molecule has 0 radical (unpaired) electrons. The van der Waals surface area contributed by atoms with Gasteiger partial charge in [-0.05, 0) is 61.4 Å². The van der Waals surface area contributed by atoms with Crippen molar-refractivity contribution in [3.8, 4) is 5.75 Å². The Morgan fingerprint density at radius 2 is 1.79 bits per heavy atom. The van der Waals surface area contributed by atoms with Crippen LogP contribution >= 0.6 is 0 Å². The predicted molar refractivity (Wildman–Crippen MR) is 126 cm³/mol. The summed E-state index contributed by atoms with van der Waals surface area (Å²) in [5.41, 5.74) is 13.2. The Balaban J connectivity index is 1.84. The highest BCUT2D eigenvalue weighted by molar-refractivity contribution is 5.85. The van der Waals surface area contributed by atoms with Gasteiger partial charge in [-0.1, -0.05) is 43.3 Å². The molecule has 7 nitrogen and oxygen atoms in total. The molecular weight excluding hydrogens is 420 g/mol. The molecule has 0 aliphatic heterocycles. The van der Waals surface area contributed by atoms with Crippen LogP contribution in [0.3, 0.4) is 0 Å². The molecule has 0 amide bonds. The minimum Gasteiger partial charge on any atom is -0.478 e. The minimum atomic E-state index is -1.45. The van der Waals surface area contributed by atoms with Crippen molar-refractivity contribution in [3.63, 3.8) is 0 Å². The summed E-state index contributed by atoms with van der Waals surface area (Å²) in [5, 5.41) is 8.95. The number of ether oxygens (including phenoxy) is 2. The van der Waals surface area contributed by atoms with Gasteiger partial charge in [-0.3, -0.25) is 4.79 Å². The Labute approximate surface area is 194 Å². The minimum absolute atomic E-state index is 0.198. The molecule has 1 fully saturated rings. The molecule has 0 saturated heterocycles. The van der Waals surface area contributed by atoms with Crippen LogP contribution in [0.15, 0.2) is 54.6 Å². The van der Waals surface area contributed by atoms with Crippen LogP contribution in [-0.2, 0) is 20.0 Å². The van der Waals surface area contributed by atoms with Crippen molar-refractivity contribution in [2.24, 2.45) is 17.4 Å². The summed E-state index contributed by atoms with van der Waals surface area (Å²) in [5.74, 6) is -1.33. The van der Waals surface area contributed by atoms with Crippen molar-refractivity contribution in [1.29, 1.82) is 0 Å². The van der Waals surface area contributed by atoms with E-state index in [4.69, 9.17) is 26.0 Å². The fourth-order valence-corrected chi connectivity index (χ4v) is 4.04. The highest BCUT2D eigenvalue weighted by Gasteiger charge is 2.32. The smallest absolute Gasteiger partial charge is 0.328 e. The summed E-state index contributed by atoms with van der Waals surface area (Å²) in [6.07, 6.45) is 6.71. The van der Waals surface area contributed by atoms with Gasteiger partial charge in [-0.25, -0.2) is 4.79 Å². The molecule has 0 bridgehead atoms. The first-order valence-electron chi connectivity index (χ1n) is 11.3. The molecule has 0 spiro atoms. The van der Waals surface area contributed by atoms with Gasteiger partial charge in [0.25, 0.3) is 0 Å². The zero-order valence-electron chi connectivity index (χ0n) is 18.9. The van der Waals surface area contributed by atoms with Gasteiger partial charge in [-0.15, -0.1) is 0 Å². The Morgan fingerprint density at radius 1 is 1.09 bits per heavy atom. The molecule has 1 aliphatic carbocycles. The van der Waals surface area contributed by atoms with Crippen LogP contribution in [0.5, 0.6) is 5.75 Å². The van der Waals surface area contributed by atoms with Gasteiger partial charge in [0.05, 0.1) is 12.0 Å². The largest absolute Gasteiger partial charge is 0.478 e. The van der Waals surface area contributed by atoms with Crippen molar-refractivity contribution in [2.45, 2.75) is 50.8 Å². The molecule has 1 aliphatic rings. The first-order chi connectivity index (χ1) is 15.8. The van der Waals surface area contributed by atoms with E-state index in [0.29, 0.717) is 29.5 Å². The maximum Gasteiger partial charge on any atom is 0.328 e. The quantitative estimate of drug-likeness (QED) is 0.229. The van der Waals surface area contributed by atoms with E-state index in [0.717, 1.165) is 31.9 Å². The molecule has 1 saturated carbocycles. The lowest BCUT2D eigenvalue weighted by molar-refractivity contribution is -0.141. The van der Waals surface area contributed by atoms with Gasteiger partial charge >= 0.3 is 11.9 Å². The highest BCUT2D eigenvalue weighted by Crippen LogP contribution is 2.34. The first kappa shape index (κ1) is 24.6. The molecule has 2 aromatic carbocycles. The van der Waals surface area contributed by atoms with E-state index in [1.165, 1.54) is 6.08 Å². The van der Waals surface area contributed by atoms with Crippen LogP contribution in [0.25, 0.3) is 6.08 Å².